The molecule has 1 heterocycles. The van der Waals surface area contributed by atoms with Crippen molar-refractivity contribution in [2.75, 3.05) is 10.0 Å². The van der Waals surface area contributed by atoms with Gasteiger partial charge in [0.1, 0.15) is 5.58 Å². The summed E-state index contributed by atoms with van der Waals surface area (Å²) in [6, 6.07) is 13.1. The van der Waals surface area contributed by atoms with Crippen molar-refractivity contribution in [3.63, 3.8) is 0 Å². The first-order valence-electron chi connectivity index (χ1n) is 9.05. The summed E-state index contributed by atoms with van der Waals surface area (Å²) < 4.78 is 33.5. The zero-order valence-corrected chi connectivity index (χ0v) is 16.5. The van der Waals surface area contributed by atoms with Gasteiger partial charge < -0.3 is 9.73 Å². The lowest BCUT2D eigenvalue weighted by Gasteiger charge is -2.19. The molecular weight excluding hydrogens is 400 g/mol. The number of sulfonamides is 1. The molecule has 28 heavy (non-hydrogen) atoms. The lowest BCUT2D eigenvalue weighted by molar-refractivity contribution is 0.562. The van der Waals surface area contributed by atoms with E-state index < -0.39 is 15.6 Å². The van der Waals surface area contributed by atoms with Crippen LogP contribution in [0.1, 0.15) is 25.7 Å². The molecule has 8 heteroatoms. The quantitative estimate of drug-likeness (QED) is 0.591. The van der Waals surface area contributed by atoms with Gasteiger partial charge in [0.15, 0.2) is 5.69 Å². The second-order valence-corrected chi connectivity index (χ2v) is 8.94. The average Bonchev–Trinajstić information content (AvgIpc) is 3.18. The highest BCUT2D eigenvalue weighted by Crippen LogP contribution is 2.33. The number of fused-ring (bicyclic) bond motifs is 1. The highest BCUT2D eigenvalue weighted by Gasteiger charge is 2.24. The van der Waals surface area contributed by atoms with Crippen molar-refractivity contribution in [2.24, 2.45) is 0 Å². The van der Waals surface area contributed by atoms with E-state index >= 15 is 0 Å². The molecule has 0 amide bonds. The Labute approximate surface area is 167 Å². The summed E-state index contributed by atoms with van der Waals surface area (Å²) in [6.45, 7) is 0. The third-order valence-electron chi connectivity index (χ3n) is 4.86. The van der Waals surface area contributed by atoms with Gasteiger partial charge >= 0.3 is 5.63 Å². The highest BCUT2D eigenvalue weighted by atomic mass is 35.5. The van der Waals surface area contributed by atoms with E-state index in [9.17, 15) is 13.2 Å². The van der Waals surface area contributed by atoms with Gasteiger partial charge in [-0.25, -0.2) is 13.2 Å². The normalized spacial score (nSPS) is 15.0. The minimum absolute atomic E-state index is 0.0284. The molecule has 1 aliphatic carbocycles. The van der Waals surface area contributed by atoms with Gasteiger partial charge in [-0.05, 0) is 43.2 Å². The zero-order chi connectivity index (χ0) is 19.7. The van der Waals surface area contributed by atoms with Crippen molar-refractivity contribution in [1.29, 1.82) is 0 Å². The van der Waals surface area contributed by atoms with Crippen molar-refractivity contribution in [3.05, 3.63) is 64.0 Å². The van der Waals surface area contributed by atoms with Crippen LogP contribution in [0.5, 0.6) is 0 Å². The maximum atomic E-state index is 12.9. The van der Waals surface area contributed by atoms with Crippen LogP contribution in [0.2, 0.25) is 5.02 Å². The van der Waals surface area contributed by atoms with Crippen LogP contribution in [0, 0.1) is 0 Å². The third-order valence-corrected chi connectivity index (χ3v) is 6.44. The fourth-order valence-electron chi connectivity index (χ4n) is 3.49. The predicted octanol–water partition coefficient (Wildman–Crippen LogP) is 4.60. The first-order valence-corrected chi connectivity index (χ1v) is 10.9. The second-order valence-electron chi connectivity index (χ2n) is 6.82. The SMILES string of the molecule is O=c1oc2ccccc2c(NC2CCCC2)c1NS(=O)(=O)c1cccc(Cl)c1. The van der Waals surface area contributed by atoms with Gasteiger partial charge in [0, 0.05) is 16.5 Å². The van der Waals surface area contributed by atoms with Crippen LogP contribution in [0.4, 0.5) is 11.4 Å². The Bertz CT molecular complexity index is 1180. The smallest absolute Gasteiger partial charge is 0.363 e. The van der Waals surface area contributed by atoms with Gasteiger partial charge in [-0.3, -0.25) is 4.72 Å². The standard InChI is InChI=1S/C20H19ClN2O4S/c21-13-6-5-9-15(12-13)28(25,26)23-19-18(22-14-7-1-2-8-14)16-10-3-4-11-17(16)27-20(19)24/h3-6,9-12,14,22-23H,1-2,7-8H2. The molecule has 6 nitrogen and oxygen atoms in total. The van der Waals surface area contributed by atoms with Gasteiger partial charge in [0.2, 0.25) is 0 Å². The number of benzene rings is 2. The van der Waals surface area contributed by atoms with Gasteiger partial charge in [-0.1, -0.05) is 42.6 Å². The minimum atomic E-state index is -4.02. The van der Waals surface area contributed by atoms with Crippen LogP contribution in [-0.4, -0.2) is 14.5 Å². The molecular formula is C20H19ClN2O4S. The lowest BCUT2D eigenvalue weighted by Crippen LogP contribution is -2.23. The van der Waals surface area contributed by atoms with E-state index in [2.05, 4.69) is 10.0 Å². The minimum Gasteiger partial charge on any atom is -0.421 e. The summed E-state index contributed by atoms with van der Waals surface area (Å²) in [4.78, 5) is 12.6. The topological polar surface area (TPSA) is 88.4 Å². The van der Waals surface area contributed by atoms with Crippen LogP contribution in [0.25, 0.3) is 11.0 Å². The molecule has 146 valence electrons. The molecule has 1 aliphatic rings. The van der Waals surface area contributed by atoms with E-state index in [1.165, 1.54) is 18.2 Å². The van der Waals surface area contributed by atoms with Gasteiger partial charge in [0.25, 0.3) is 10.0 Å². The molecule has 3 aromatic rings. The Morgan fingerprint density at radius 3 is 2.50 bits per heavy atom. The maximum absolute atomic E-state index is 12.9. The van der Waals surface area contributed by atoms with E-state index in [0.29, 0.717) is 16.7 Å². The monoisotopic (exact) mass is 418 g/mol. The number of halogens is 1. The first-order chi connectivity index (χ1) is 13.4. The molecule has 1 saturated carbocycles. The molecule has 0 bridgehead atoms. The van der Waals surface area contributed by atoms with Crippen LogP contribution in [-0.2, 0) is 10.0 Å². The molecule has 0 aliphatic heterocycles. The van der Waals surface area contributed by atoms with Crippen LogP contribution in [0.3, 0.4) is 0 Å². The Morgan fingerprint density at radius 1 is 1.00 bits per heavy atom. The Kier molecular flexibility index (Phi) is 5.03. The number of rotatable bonds is 5. The molecule has 1 fully saturated rings. The molecule has 2 N–H and O–H groups in total. The fourth-order valence-corrected chi connectivity index (χ4v) is 4.86. The van der Waals surface area contributed by atoms with Crippen molar-refractivity contribution in [1.82, 2.24) is 0 Å². The third kappa shape index (κ3) is 3.72. The number of para-hydroxylation sites is 1. The molecule has 0 saturated heterocycles. The molecule has 4 rings (SSSR count). The molecule has 0 radical (unpaired) electrons. The Balaban J connectivity index is 1.83. The average molecular weight is 419 g/mol. The number of anilines is 2. The summed E-state index contributed by atoms with van der Waals surface area (Å²) in [6.07, 6.45) is 4.13. The van der Waals surface area contributed by atoms with Crippen LogP contribution >= 0.6 is 11.6 Å². The fraction of sp³-hybridized carbons (Fsp3) is 0.250. The zero-order valence-electron chi connectivity index (χ0n) is 14.9. The van der Waals surface area contributed by atoms with Crippen molar-refractivity contribution < 1.29 is 12.8 Å². The molecule has 0 atom stereocenters. The van der Waals surface area contributed by atoms with Crippen molar-refractivity contribution in [2.45, 2.75) is 36.6 Å². The first kappa shape index (κ1) is 18.8. The van der Waals surface area contributed by atoms with E-state index in [-0.39, 0.29) is 21.6 Å². The van der Waals surface area contributed by atoms with E-state index in [1.807, 2.05) is 6.07 Å². The molecule has 0 spiro atoms. The number of nitrogens with one attached hydrogen (secondary N) is 2. The van der Waals surface area contributed by atoms with E-state index in [4.69, 9.17) is 16.0 Å². The van der Waals surface area contributed by atoms with E-state index in [0.717, 1.165) is 25.7 Å². The van der Waals surface area contributed by atoms with Crippen molar-refractivity contribution in [3.8, 4) is 0 Å². The summed E-state index contributed by atoms with van der Waals surface area (Å²) in [7, 11) is -4.02. The Morgan fingerprint density at radius 2 is 1.75 bits per heavy atom. The van der Waals surface area contributed by atoms with Gasteiger partial charge in [0.05, 0.1) is 10.6 Å². The highest BCUT2D eigenvalue weighted by molar-refractivity contribution is 7.92. The predicted molar refractivity (Wildman–Crippen MR) is 111 cm³/mol. The largest absolute Gasteiger partial charge is 0.421 e. The number of hydrogen-bond donors (Lipinski definition) is 2. The van der Waals surface area contributed by atoms with Crippen molar-refractivity contribution >= 4 is 44.0 Å². The molecule has 1 aromatic heterocycles. The van der Waals surface area contributed by atoms with Crippen LogP contribution in [0.15, 0.2) is 62.6 Å². The maximum Gasteiger partial charge on any atom is 0.363 e. The summed E-state index contributed by atoms with van der Waals surface area (Å²) in [5, 5.41) is 4.31. The summed E-state index contributed by atoms with van der Waals surface area (Å²) in [5.74, 6) is 0. The van der Waals surface area contributed by atoms with Crippen LogP contribution < -0.4 is 15.7 Å². The lowest BCUT2D eigenvalue weighted by atomic mass is 10.1. The summed E-state index contributed by atoms with van der Waals surface area (Å²) >= 11 is 5.92. The van der Waals surface area contributed by atoms with Gasteiger partial charge in [-0.2, -0.15) is 0 Å². The van der Waals surface area contributed by atoms with Gasteiger partial charge in [-0.15, -0.1) is 0 Å². The molecule has 2 aromatic carbocycles. The Hall–Kier alpha value is -2.51. The van der Waals surface area contributed by atoms with E-state index in [1.54, 1.807) is 24.3 Å². The number of hydrogen-bond acceptors (Lipinski definition) is 5. The summed E-state index contributed by atoms with van der Waals surface area (Å²) in [5.41, 5.74) is -0.0153. The molecule has 0 unspecified atom stereocenters. The second kappa shape index (κ2) is 7.48.